The number of rotatable bonds is 5. The molecule has 2 aromatic carbocycles. The summed E-state index contributed by atoms with van der Waals surface area (Å²) >= 11 is 0. The Hall–Kier alpha value is -3.65. The summed E-state index contributed by atoms with van der Waals surface area (Å²) in [5, 5.41) is 6.05. The van der Waals surface area contributed by atoms with E-state index in [9.17, 15) is 4.79 Å². The molecule has 0 fully saturated rings. The number of nitrogens with one attached hydrogen (secondary N) is 1. The third kappa shape index (κ3) is 3.82. The van der Waals surface area contributed by atoms with Crippen LogP contribution in [0.25, 0.3) is 10.8 Å². The van der Waals surface area contributed by atoms with Gasteiger partial charge < -0.3 is 4.74 Å². The van der Waals surface area contributed by atoms with Crippen LogP contribution in [0.4, 0.5) is 0 Å². The zero-order valence-corrected chi connectivity index (χ0v) is 13.3. The minimum atomic E-state index is -0.337. The molecule has 0 aliphatic rings. The number of amides is 1. The van der Waals surface area contributed by atoms with E-state index in [1.54, 1.807) is 24.5 Å². The molecule has 0 bridgehead atoms. The number of benzene rings is 2. The largest absolute Gasteiger partial charge is 0.480 e. The van der Waals surface area contributed by atoms with Crippen molar-refractivity contribution in [1.29, 1.82) is 0 Å². The van der Waals surface area contributed by atoms with E-state index in [0.29, 0.717) is 11.3 Å². The fraction of sp³-hybridized carbons (Fsp3) is 0.0500. The summed E-state index contributed by atoms with van der Waals surface area (Å²) in [7, 11) is 0. The van der Waals surface area contributed by atoms with Crippen molar-refractivity contribution in [3.05, 3.63) is 72.1 Å². The van der Waals surface area contributed by atoms with E-state index < -0.39 is 0 Å². The monoisotopic (exact) mass is 329 g/mol. The van der Waals surface area contributed by atoms with Crippen molar-refractivity contribution in [1.82, 2.24) is 10.4 Å². The van der Waals surface area contributed by atoms with Crippen LogP contribution in [0.3, 0.4) is 0 Å². The molecule has 1 amide bonds. The Balaban J connectivity index is 1.88. The van der Waals surface area contributed by atoms with Crippen molar-refractivity contribution in [3.63, 3.8) is 0 Å². The highest BCUT2D eigenvalue weighted by molar-refractivity contribution is 6.03. The second-order valence-corrected chi connectivity index (χ2v) is 5.13. The molecule has 3 aromatic rings. The SMILES string of the molecule is C#CCOc1ccc2ccccc2c1/C=N\NC(=O)c1cccnc1. The van der Waals surface area contributed by atoms with E-state index in [2.05, 4.69) is 21.4 Å². The lowest BCUT2D eigenvalue weighted by Crippen LogP contribution is -2.17. The van der Waals surface area contributed by atoms with Crippen LogP contribution in [0.2, 0.25) is 0 Å². The first kappa shape index (κ1) is 16.2. The number of aromatic nitrogens is 1. The summed E-state index contributed by atoms with van der Waals surface area (Å²) < 4.78 is 5.59. The molecule has 0 saturated heterocycles. The van der Waals surface area contributed by atoms with Gasteiger partial charge in [0.15, 0.2) is 0 Å². The second-order valence-electron chi connectivity index (χ2n) is 5.13. The predicted molar refractivity (Wildman–Crippen MR) is 97.6 cm³/mol. The van der Waals surface area contributed by atoms with Crippen molar-refractivity contribution in [3.8, 4) is 18.1 Å². The van der Waals surface area contributed by atoms with Crippen LogP contribution in [0.1, 0.15) is 15.9 Å². The van der Waals surface area contributed by atoms with Gasteiger partial charge in [-0.3, -0.25) is 9.78 Å². The van der Waals surface area contributed by atoms with Crippen LogP contribution >= 0.6 is 0 Å². The van der Waals surface area contributed by atoms with Gasteiger partial charge in [-0.25, -0.2) is 5.43 Å². The van der Waals surface area contributed by atoms with Gasteiger partial charge in [-0.1, -0.05) is 36.3 Å². The van der Waals surface area contributed by atoms with Crippen molar-refractivity contribution in [2.45, 2.75) is 0 Å². The number of carbonyl (C=O) groups excluding carboxylic acids is 1. The van der Waals surface area contributed by atoms with Gasteiger partial charge in [0.2, 0.25) is 0 Å². The molecule has 1 heterocycles. The Morgan fingerprint density at radius 3 is 2.92 bits per heavy atom. The molecule has 1 N–H and O–H groups in total. The van der Waals surface area contributed by atoms with Crippen molar-refractivity contribution < 1.29 is 9.53 Å². The smallest absolute Gasteiger partial charge is 0.272 e. The lowest BCUT2D eigenvalue weighted by atomic mass is 10.0. The van der Waals surface area contributed by atoms with E-state index in [4.69, 9.17) is 11.2 Å². The van der Waals surface area contributed by atoms with E-state index in [0.717, 1.165) is 16.3 Å². The number of carbonyl (C=O) groups is 1. The van der Waals surface area contributed by atoms with Gasteiger partial charge in [0, 0.05) is 18.0 Å². The quantitative estimate of drug-likeness (QED) is 0.445. The van der Waals surface area contributed by atoms with E-state index in [1.165, 1.54) is 6.20 Å². The molecule has 0 atom stereocenters. The predicted octanol–water partition coefficient (Wildman–Crippen LogP) is 3.01. The molecule has 0 spiro atoms. The average Bonchev–Trinajstić information content (AvgIpc) is 2.67. The molecule has 0 aliphatic heterocycles. The summed E-state index contributed by atoms with van der Waals surface area (Å²) in [5.41, 5.74) is 3.67. The molecule has 5 nitrogen and oxygen atoms in total. The Labute approximate surface area is 145 Å². The zero-order chi connectivity index (χ0) is 17.5. The van der Waals surface area contributed by atoms with Crippen LogP contribution < -0.4 is 10.2 Å². The maximum absolute atomic E-state index is 12.0. The lowest BCUT2D eigenvalue weighted by Gasteiger charge is -2.09. The fourth-order valence-corrected chi connectivity index (χ4v) is 2.37. The summed E-state index contributed by atoms with van der Waals surface area (Å²) in [5.74, 6) is 2.71. The van der Waals surface area contributed by atoms with Gasteiger partial charge in [-0.05, 0) is 29.0 Å². The summed E-state index contributed by atoms with van der Waals surface area (Å²) in [6, 6.07) is 15.0. The second kappa shape index (κ2) is 7.75. The van der Waals surface area contributed by atoms with E-state index in [1.807, 2.05) is 36.4 Å². The molecule has 0 radical (unpaired) electrons. The molecule has 1 aromatic heterocycles. The molecular weight excluding hydrogens is 314 g/mol. The Morgan fingerprint density at radius 2 is 2.12 bits per heavy atom. The molecule has 0 aliphatic carbocycles. The van der Waals surface area contributed by atoms with Gasteiger partial charge in [-0.2, -0.15) is 5.10 Å². The highest BCUT2D eigenvalue weighted by Gasteiger charge is 2.08. The number of hydrogen-bond donors (Lipinski definition) is 1. The van der Waals surface area contributed by atoms with E-state index >= 15 is 0 Å². The number of nitrogens with zero attached hydrogens (tertiary/aromatic N) is 2. The molecule has 3 rings (SSSR count). The van der Waals surface area contributed by atoms with E-state index in [-0.39, 0.29) is 12.5 Å². The normalized spacial score (nSPS) is 10.5. The fourth-order valence-electron chi connectivity index (χ4n) is 2.37. The van der Waals surface area contributed by atoms with Gasteiger partial charge in [0.1, 0.15) is 12.4 Å². The van der Waals surface area contributed by atoms with Gasteiger partial charge in [0.25, 0.3) is 5.91 Å². The first-order chi connectivity index (χ1) is 12.3. The van der Waals surface area contributed by atoms with Gasteiger partial charge in [-0.15, -0.1) is 6.42 Å². The van der Waals surface area contributed by atoms with Crippen LogP contribution in [0.15, 0.2) is 66.0 Å². The van der Waals surface area contributed by atoms with Crippen molar-refractivity contribution in [2.75, 3.05) is 6.61 Å². The third-order valence-corrected chi connectivity index (χ3v) is 3.53. The maximum Gasteiger partial charge on any atom is 0.272 e. The lowest BCUT2D eigenvalue weighted by molar-refractivity contribution is 0.0954. The number of fused-ring (bicyclic) bond motifs is 1. The highest BCUT2D eigenvalue weighted by Crippen LogP contribution is 2.26. The topological polar surface area (TPSA) is 63.6 Å². The number of pyridine rings is 1. The highest BCUT2D eigenvalue weighted by atomic mass is 16.5. The summed E-state index contributed by atoms with van der Waals surface area (Å²) in [4.78, 5) is 15.9. The molecule has 25 heavy (non-hydrogen) atoms. The maximum atomic E-state index is 12.0. The van der Waals surface area contributed by atoms with Crippen LogP contribution in [0.5, 0.6) is 5.75 Å². The molecule has 0 unspecified atom stereocenters. The summed E-state index contributed by atoms with van der Waals surface area (Å²) in [6.07, 6.45) is 9.91. The average molecular weight is 329 g/mol. The van der Waals surface area contributed by atoms with Crippen molar-refractivity contribution >= 4 is 22.9 Å². The van der Waals surface area contributed by atoms with Crippen molar-refractivity contribution in [2.24, 2.45) is 5.10 Å². The molecule has 0 saturated carbocycles. The van der Waals surface area contributed by atoms with Crippen LogP contribution in [0, 0.1) is 12.3 Å². The van der Waals surface area contributed by atoms with Gasteiger partial charge in [0.05, 0.1) is 11.8 Å². The third-order valence-electron chi connectivity index (χ3n) is 3.53. The Kier molecular flexibility index (Phi) is 5.03. The standard InChI is InChI=1S/C20H15N3O2/c1-2-12-25-19-10-9-15-6-3-4-8-17(15)18(19)14-22-23-20(24)16-7-5-11-21-13-16/h1,3-11,13-14H,12H2,(H,23,24)/b22-14-. The molecular formula is C20H15N3O2. The van der Waals surface area contributed by atoms with Crippen LogP contribution in [-0.4, -0.2) is 23.7 Å². The zero-order valence-electron chi connectivity index (χ0n) is 13.3. The molecule has 5 heteroatoms. The Bertz CT molecular complexity index is 960. The summed E-state index contributed by atoms with van der Waals surface area (Å²) in [6.45, 7) is 0.154. The number of hydrazone groups is 1. The Morgan fingerprint density at radius 1 is 1.24 bits per heavy atom. The number of terminal acetylenes is 1. The van der Waals surface area contributed by atoms with Crippen LogP contribution in [-0.2, 0) is 0 Å². The number of hydrogen-bond acceptors (Lipinski definition) is 4. The number of ether oxygens (including phenoxy) is 1. The minimum Gasteiger partial charge on any atom is -0.480 e. The first-order valence-corrected chi connectivity index (χ1v) is 7.61. The van der Waals surface area contributed by atoms with Gasteiger partial charge >= 0.3 is 0 Å². The first-order valence-electron chi connectivity index (χ1n) is 7.61. The minimum absolute atomic E-state index is 0.154. The molecule has 122 valence electrons.